The summed E-state index contributed by atoms with van der Waals surface area (Å²) in [5.74, 6) is 4.02. The summed E-state index contributed by atoms with van der Waals surface area (Å²) in [6.07, 6.45) is 2.73. The second-order valence-electron chi connectivity index (χ2n) is 7.66. The van der Waals surface area contributed by atoms with Gasteiger partial charge in [0.15, 0.2) is 0 Å². The van der Waals surface area contributed by atoms with Crippen molar-refractivity contribution in [3.63, 3.8) is 0 Å². The summed E-state index contributed by atoms with van der Waals surface area (Å²) in [4.78, 5) is 2.48. The number of nitrogens with zero attached hydrogens (tertiary/aromatic N) is 1. The van der Waals surface area contributed by atoms with Crippen molar-refractivity contribution in [3.8, 4) is 0 Å². The Balaban J connectivity index is 1.91. The smallest absolute Gasteiger partial charge is 0.0558 e. The van der Waals surface area contributed by atoms with Crippen LogP contribution in [0.5, 0.6) is 0 Å². The van der Waals surface area contributed by atoms with Crippen LogP contribution in [0.1, 0.15) is 33.6 Å². The fourth-order valence-corrected chi connectivity index (χ4v) is 5.49. The van der Waals surface area contributed by atoms with E-state index in [0.29, 0.717) is 17.9 Å². The van der Waals surface area contributed by atoms with Crippen molar-refractivity contribution in [2.75, 3.05) is 26.2 Å². The van der Waals surface area contributed by atoms with Crippen LogP contribution >= 0.6 is 0 Å². The zero-order chi connectivity index (χ0) is 13.8. The first-order valence-corrected chi connectivity index (χ1v) is 8.01. The van der Waals surface area contributed by atoms with Gasteiger partial charge in [-0.15, -0.1) is 0 Å². The lowest BCUT2D eigenvalue weighted by atomic mass is 9.60. The summed E-state index contributed by atoms with van der Waals surface area (Å²) in [7, 11) is 0. The number of β-amino-alcohol motifs (C(OH)–C–C–N with tert-alkyl or cyclic N) is 1. The lowest BCUT2D eigenvalue weighted by Crippen LogP contribution is -2.50. The Morgan fingerprint density at radius 2 is 2.16 bits per heavy atom. The molecule has 1 N–H and O–H groups in total. The highest BCUT2D eigenvalue weighted by molar-refractivity contribution is 5.29. The molecule has 5 atom stereocenters. The largest absolute Gasteiger partial charge is 0.395 e. The Morgan fingerprint density at radius 1 is 1.42 bits per heavy atom. The van der Waals surface area contributed by atoms with Crippen molar-refractivity contribution in [1.82, 2.24) is 4.90 Å². The van der Waals surface area contributed by atoms with Crippen LogP contribution in [0.4, 0.5) is 0 Å². The van der Waals surface area contributed by atoms with Crippen molar-refractivity contribution in [2.24, 2.45) is 35.0 Å². The molecule has 1 unspecified atom stereocenters. The van der Waals surface area contributed by atoms with Gasteiger partial charge in [0.25, 0.3) is 0 Å². The molecule has 0 amide bonds. The molecule has 0 spiro atoms. The lowest BCUT2D eigenvalue weighted by Gasteiger charge is -2.49. The van der Waals surface area contributed by atoms with E-state index in [-0.39, 0.29) is 0 Å². The van der Waals surface area contributed by atoms with E-state index in [2.05, 4.69) is 32.3 Å². The molecule has 1 aliphatic heterocycles. The van der Waals surface area contributed by atoms with Crippen LogP contribution in [0.2, 0.25) is 0 Å². The van der Waals surface area contributed by atoms with Gasteiger partial charge in [0.1, 0.15) is 0 Å². The third kappa shape index (κ3) is 1.83. The van der Waals surface area contributed by atoms with Gasteiger partial charge in [0.05, 0.1) is 6.61 Å². The van der Waals surface area contributed by atoms with Crippen LogP contribution < -0.4 is 0 Å². The second kappa shape index (κ2) is 4.60. The summed E-state index contributed by atoms with van der Waals surface area (Å²) in [6.45, 7) is 15.2. The first-order valence-electron chi connectivity index (χ1n) is 8.01. The third-order valence-corrected chi connectivity index (χ3v) is 6.60. The van der Waals surface area contributed by atoms with Crippen molar-refractivity contribution in [3.05, 3.63) is 12.2 Å². The van der Waals surface area contributed by atoms with E-state index in [4.69, 9.17) is 0 Å². The van der Waals surface area contributed by atoms with Gasteiger partial charge in [0.2, 0.25) is 0 Å². The van der Waals surface area contributed by atoms with Crippen LogP contribution in [0, 0.1) is 35.0 Å². The molecule has 2 heteroatoms. The zero-order valence-corrected chi connectivity index (χ0v) is 12.7. The highest BCUT2D eigenvalue weighted by Gasteiger charge is 2.60. The van der Waals surface area contributed by atoms with E-state index in [1.54, 1.807) is 0 Å². The Hall–Kier alpha value is -0.340. The Morgan fingerprint density at radius 3 is 2.79 bits per heavy atom. The molecule has 0 aromatic heterocycles. The zero-order valence-electron chi connectivity index (χ0n) is 12.7. The predicted octanol–water partition coefficient (Wildman–Crippen LogP) is 2.79. The minimum absolute atomic E-state index is 0.293. The normalized spacial score (nSPS) is 46.1. The highest BCUT2D eigenvalue weighted by atomic mass is 16.3. The summed E-state index contributed by atoms with van der Waals surface area (Å²) in [6, 6.07) is 0. The molecule has 108 valence electrons. The second-order valence-corrected chi connectivity index (χ2v) is 7.66. The Bertz CT molecular complexity index is 377. The summed E-state index contributed by atoms with van der Waals surface area (Å²) in [5, 5.41) is 9.22. The molecule has 4 bridgehead atoms. The van der Waals surface area contributed by atoms with Gasteiger partial charge in [0, 0.05) is 19.6 Å². The Kier molecular flexibility index (Phi) is 3.30. The summed E-state index contributed by atoms with van der Waals surface area (Å²) < 4.78 is 0. The monoisotopic (exact) mass is 263 g/mol. The maximum absolute atomic E-state index is 9.22. The molecular weight excluding hydrogens is 234 g/mol. The van der Waals surface area contributed by atoms with Gasteiger partial charge in [-0.05, 0) is 47.8 Å². The fraction of sp³-hybridized carbons (Fsp3) is 0.882. The molecule has 2 saturated carbocycles. The van der Waals surface area contributed by atoms with Crippen molar-refractivity contribution in [1.29, 1.82) is 0 Å². The third-order valence-electron chi connectivity index (χ3n) is 6.60. The first-order chi connectivity index (χ1) is 8.99. The van der Waals surface area contributed by atoms with Crippen LogP contribution in [-0.2, 0) is 0 Å². The molecule has 0 aromatic carbocycles. The molecule has 1 saturated heterocycles. The summed E-state index contributed by atoms with van der Waals surface area (Å²) >= 11 is 0. The van der Waals surface area contributed by atoms with Crippen LogP contribution in [0.3, 0.4) is 0 Å². The number of hydrogen-bond acceptors (Lipinski definition) is 2. The maximum atomic E-state index is 9.22. The molecule has 3 fully saturated rings. The van der Waals surface area contributed by atoms with Gasteiger partial charge >= 0.3 is 0 Å². The standard InChI is InChI=1S/C17H29NO/c1-11(2)13-5-6-17(4)12(3)14-9-18(7-8-19)10-15(17)16(13)14/h11,13-16,19H,3,5-10H2,1-2,4H3/t13?,14-,15-,16+,17-/m0/s1. The number of likely N-dealkylation sites (tertiary alicyclic amines) is 1. The maximum Gasteiger partial charge on any atom is 0.0558 e. The number of rotatable bonds is 3. The van der Waals surface area contributed by atoms with E-state index in [0.717, 1.165) is 36.8 Å². The van der Waals surface area contributed by atoms with Gasteiger partial charge in [-0.25, -0.2) is 0 Å². The first kappa shape index (κ1) is 13.6. The van der Waals surface area contributed by atoms with Gasteiger partial charge in [-0.2, -0.15) is 0 Å². The molecule has 19 heavy (non-hydrogen) atoms. The SMILES string of the molecule is C=C1[C@@H]2CN(CCO)C[C@H]3[C@@H]2C(C(C)C)CC[C@@]13C. The topological polar surface area (TPSA) is 23.5 Å². The average Bonchev–Trinajstić information content (AvgIpc) is 2.48. The number of piperidine rings is 1. The molecule has 1 heterocycles. The average molecular weight is 263 g/mol. The van der Waals surface area contributed by atoms with E-state index in [1.165, 1.54) is 25.0 Å². The van der Waals surface area contributed by atoms with Crippen molar-refractivity contribution >= 4 is 0 Å². The molecular formula is C17H29NO. The minimum Gasteiger partial charge on any atom is -0.395 e. The number of hydrogen-bond donors (Lipinski definition) is 1. The minimum atomic E-state index is 0.293. The highest BCUT2D eigenvalue weighted by Crippen LogP contribution is 2.65. The Labute approximate surface area is 117 Å². The van der Waals surface area contributed by atoms with E-state index < -0.39 is 0 Å². The summed E-state index contributed by atoms with van der Waals surface area (Å²) in [5.41, 5.74) is 1.91. The van der Waals surface area contributed by atoms with Crippen LogP contribution in [-0.4, -0.2) is 36.2 Å². The molecule has 0 radical (unpaired) electrons. The van der Waals surface area contributed by atoms with Crippen molar-refractivity contribution < 1.29 is 5.11 Å². The molecule has 0 aromatic rings. The van der Waals surface area contributed by atoms with Crippen molar-refractivity contribution in [2.45, 2.75) is 33.6 Å². The molecule has 3 rings (SSSR count). The fourth-order valence-electron chi connectivity index (χ4n) is 5.49. The van der Waals surface area contributed by atoms with E-state index >= 15 is 0 Å². The number of aliphatic hydroxyl groups excluding tert-OH is 1. The van der Waals surface area contributed by atoms with Gasteiger partial charge in [-0.1, -0.05) is 32.9 Å². The lowest BCUT2D eigenvalue weighted by molar-refractivity contribution is -0.0113. The van der Waals surface area contributed by atoms with Crippen LogP contribution in [0.25, 0.3) is 0 Å². The van der Waals surface area contributed by atoms with Gasteiger partial charge in [-0.3, -0.25) is 0 Å². The van der Waals surface area contributed by atoms with E-state index in [1.807, 2.05) is 0 Å². The molecule has 3 aliphatic rings. The van der Waals surface area contributed by atoms with E-state index in [9.17, 15) is 5.11 Å². The quantitative estimate of drug-likeness (QED) is 0.792. The predicted molar refractivity (Wildman–Crippen MR) is 78.8 cm³/mol. The van der Waals surface area contributed by atoms with Crippen LogP contribution in [0.15, 0.2) is 12.2 Å². The number of aliphatic hydroxyl groups is 1. The van der Waals surface area contributed by atoms with Gasteiger partial charge < -0.3 is 10.0 Å². The molecule has 2 nitrogen and oxygen atoms in total. The molecule has 2 aliphatic carbocycles.